The topological polar surface area (TPSA) is 109 Å². The SMILES string of the molecule is CC(C)N1CCN(c2ccc3c(=O)n(CC(=O)N4CC(O)C4)cc(N(C)c4nc(-c5ccc(F)cc5)c(C#N)s4)c3c2)CC1. The zero-order valence-electron chi connectivity index (χ0n) is 24.9. The molecule has 2 aliphatic rings. The maximum absolute atomic E-state index is 13.7. The largest absolute Gasteiger partial charge is 0.389 e. The Labute approximate surface area is 258 Å². The van der Waals surface area contributed by atoms with E-state index in [4.69, 9.17) is 4.98 Å². The summed E-state index contributed by atoms with van der Waals surface area (Å²) in [7, 11) is 1.82. The van der Waals surface area contributed by atoms with Crippen molar-refractivity contribution in [3.8, 4) is 17.3 Å². The van der Waals surface area contributed by atoms with Gasteiger partial charge in [0.15, 0.2) is 5.13 Å². The number of piperazine rings is 1. The summed E-state index contributed by atoms with van der Waals surface area (Å²) < 4.78 is 15.0. The fourth-order valence-corrected chi connectivity index (χ4v) is 6.64. The molecule has 0 radical (unpaired) electrons. The molecule has 2 aromatic heterocycles. The fraction of sp³-hybridized carbons (Fsp3) is 0.375. The first-order valence-electron chi connectivity index (χ1n) is 14.7. The summed E-state index contributed by atoms with van der Waals surface area (Å²) in [6, 6.07) is 14.3. The Morgan fingerprint density at radius 3 is 2.48 bits per heavy atom. The molecule has 2 aromatic carbocycles. The van der Waals surface area contributed by atoms with Gasteiger partial charge in [0.25, 0.3) is 5.56 Å². The number of carbonyl (C=O) groups excluding carboxylic acids is 1. The summed E-state index contributed by atoms with van der Waals surface area (Å²) in [5.74, 6) is -0.623. The summed E-state index contributed by atoms with van der Waals surface area (Å²) >= 11 is 1.20. The van der Waals surface area contributed by atoms with Crippen LogP contribution in [0.4, 0.5) is 20.9 Å². The minimum Gasteiger partial charge on any atom is -0.389 e. The van der Waals surface area contributed by atoms with Gasteiger partial charge in [-0.05, 0) is 56.3 Å². The lowest BCUT2D eigenvalue weighted by atomic mass is 10.1. The number of nitrogens with zero attached hydrogens (tertiary/aromatic N) is 7. The van der Waals surface area contributed by atoms with Crippen molar-refractivity contribution >= 4 is 44.5 Å². The van der Waals surface area contributed by atoms with Crippen molar-refractivity contribution in [2.75, 3.05) is 56.1 Å². The molecule has 44 heavy (non-hydrogen) atoms. The molecule has 1 N–H and O–H groups in total. The highest BCUT2D eigenvalue weighted by Gasteiger charge is 2.29. The van der Waals surface area contributed by atoms with Crippen LogP contribution in [0.1, 0.15) is 18.7 Å². The average molecular weight is 616 g/mol. The molecule has 0 bridgehead atoms. The van der Waals surface area contributed by atoms with E-state index in [1.807, 2.05) is 30.1 Å². The summed E-state index contributed by atoms with van der Waals surface area (Å²) in [5.41, 5.74) is 2.45. The number of rotatable bonds is 7. The van der Waals surface area contributed by atoms with Crippen molar-refractivity contribution < 1.29 is 14.3 Å². The van der Waals surface area contributed by atoms with Crippen LogP contribution in [-0.2, 0) is 11.3 Å². The van der Waals surface area contributed by atoms with Crippen LogP contribution in [-0.4, -0.2) is 88.8 Å². The molecule has 12 heteroatoms. The van der Waals surface area contributed by atoms with Gasteiger partial charge in [-0.3, -0.25) is 14.5 Å². The Balaban J connectivity index is 1.42. The summed E-state index contributed by atoms with van der Waals surface area (Å²) in [4.78, 5) is 39.9. The van der Waals surface area contributed by atoms with Crippen LogP contribution < -0.4 is 15.4 Å². The molecule has 6 rings (SSSR count). The smallest absolute Gasteiger partial charge is 0.259 e. The maximum Gasteiger partial charge on any atom is 0.259 e. The highest BCUT2D eigenvalue weighted by atomic mass is 32.1. The second kappa shape index (κ2) is 12.0. The number of pyridine rings is 1. The van der Waals surface area contributed by atoms with Crippen LogP contribution in [0.25, 0.3) is 22.0 Å². The number of likely N-dealkylation sites (tertiary alicyclic amines) is 1. The normalized spacial score (nSPS) is 15.9. The number of carbonyl (C=O) groups is 1. The number of benzene rings is 2. The molecule has 4 aromatic rings. The van der Waals surface area contributed by atoms with Gasteiger partial charge in [-0.15, -0.1) is 0 Å². The number of amides is 1. The van der Waals surface area contributed by atoms with Crippen molar-refractivity contribution in [3.63, 3.8) is 0 Å². The molecule has 0 atom stereocenters. The number of aromatic nitrogens is 2. The summed E-state index contributed by atoms with van der Waals surface area (Å²) in [6.07, 6.45) is 1.13. The van der Waals surface area contributed by atoms with E-state index >= 15 is 0 Å². The zero-order valence-corrected chi connectivity index (χ0v) is 25.7. The standard InChI is InChI=1S/C32H34FN7O3S/c1-20(2)37-10-12-38(13-11-37)23-8-9-25-26(14-23)27(18-40(31(25)43)19-29(42)39-16-24(41)17-39)36(3)32-35-30(28(15-34)44-32)21-4-6-22(33)7-5-21/h4-9,14,18,20,24,41H,10-13,16-17,19H2,1-3H3. The molecule has 10 nitrogen and oxygen atoms in total. The van der Waals surface area contributed by atoms with E-state index in [0.717, 1.165) is 31.9 Å². The van der Waals surface area contributed by atoms with Crippen molar-refractivity contribution in [3.05, 3.63) is 69.7 Å². The average Bonchev–Trinajstić information content (AvgIpc) is 3.45. The van der Waals surface area contributed by atoms with Crippen molar-refractivity contribution in [1.82, 2.24) is 19.4 Å². The number of aliphatic hydroxyl groups excluding tert-OH is 1. The van der Waals surface area contributed by atoms with Crippen molar-refractivity contribution in [2.45, 2.75) is 32.5 Å². The quantitative estimate of drug-likeness (QED) is 0.336. The molecular formula is C32H34FN7O3S. The Kier molecular flexibility index (Phi) is 8.11. The van der Waals surface area contributed by atoms with E-state index in [2.05, 4.69) is 29.7 Å². The van der Waals surface area contributed by atoms with E-state index in [1.54, 1.807) is 18.3 Å². The van der Waals surface area contributed by atoms with Crippen LogP contribution in [0.5, 0.6) is 0 Å². The van der Waals surface area contributed by atoms with Gasteiger partial charge in [-0.25, -0.2) is 9.37 Å². The maximum atomic E-state index is 13.7. The number of hydrogen-bond acceptors (Lipinski definition) is 9. The number of nitriles is 1. The van der Waals surface area contributed by atoms with Gasteiger partial charge in [0.1, 0.15) is 29.0 Å². The van der Waals surface area contributed by atoms with E-state index in [1.165, 1.54) is 32.9 Å². The Hall–Kier alpha value is -4.31. The fourth-order valence-electron chi connectivity index (χ4n) is 5.78. The van der Waals surface area contributed by atoms with Crippen LogP contribution in [0, 0.1) is 17.1 Å². The van der Waals surface area contributed by atoms with Gasteiger partial charge < -0.3 is 24.4 Å². The summed E-state index contributed by atoms with van der Waals surface area (Å²) in [6.45, 7) is 8.36. The van der Waals surface area contributed by atoms with E-state index in [-0.39, 0.29) is 36.9 Å². The van der Waals surface area contributed by atoms with Crippen LogP contribution >= 0.6 is 11.3 Å². The molecule has 0 unspecified atom stereocenters. The van der Waals surface area contributed by atoms with Crippen LogP contribution in [0.15, 0.2) is 53.5 Å². The number of thiazole rings is 1. The van der Waals surface area contributed by atoms with E-state index in [9.17, 15) is 24.3 Å². The van der Waals surface area contributed by atoms with Gasteiger partial charge in [-0.2, -0.15) is 5.26 Å². The van der Waals surface area contributed by atoms with Crippen molar-refractivity contribution in [1.29, 1.82) is 5.26 Å². The number of halogens is 1. The number of β-amino-alcohol motifs (C(OH)–C–C–N with tert-alkyl or cyclic N) is 1. The molecule has 2 saturated heterocycles. The van der Waals surface area contributed by atoms with Crippen LogP contribution in [0.2, 0.25) is 0 Å². The highest BCUT2D eigenvalue weighted by molar-refractivity contribution is 7.16. The number of aliphatic hydroxyl groups is 1. The molecule has 0 aliphatic carbocycles. The third-order valence-electron chi connectivity index (χ3n) is 8.46. The predicted molar refractivity (Wildman–Crippen MR) is 170 cm³/mol. The minimum atomic E-state index is -0.538. The van der Waals surface area contributed by atoms with Gasteiger partial charge >= 0.3 is 0 Å². The van der Waals surface area contributed by atoms with Crippen molar-refractivity contribution in [2.24, 2.45) is 0 Å². The third kappa shape index (κ3) is 5.66. The molecular weight excluding hydrogens is 581 g/mol. The Bertz CT molecular complexity index is 1800. The minimum absolute atomic E-state index is 0.163. The van der Waals surface area contributed by atoms with Gasteiger partial charge in [0.05, 0.1) is 11.8 Å². The van der Waals surface area contributed by atoms with Gasteiger partial charge in [0.2, 0.25) is 5.91 Å². The number of fused-ring (bicyclic) bond motifs is 1. The molecule has 4 heterocycles. The molecule has 0 saturated carbocycles. The lowest BCUT2D eigenvalue weighted by Crippen LogP contribution is -2.54. The molecule has 1 amide bonds. The lowest BCUT2D eigenvalue weighted by molar-refractivity contribution is -0.141. The first kappa shape index (κ1) is 29.7. The Morgan fingerprint density at radius 1 is 1.14 bits per heavy atom. The lowest BCUT2D eigenvalue weighted by Gasteiger charge is -2.38. The monoisotopic (exact) mass is 615 g/mol. The highest BCUT2D eigenvalue weighted by Crippen LogP contribution is 2.38. The first-order chi connectivity index (χ1) is 21.1. The molecule has 0 spiro atoms. The number of anilines is 3. The molecule has 228 valence electrons. The number of hydrogen-bond donors (Lipinski definition) is 1. The van der Waals surface area contributed by atoms with Crippen LogP contribution in [0.3, 0.4) is 0 Å². The van der Waals surface area contributed by atoms with E-state index in [0.29, 0.717) is 43.8 Å². The summed E-state index contributed by atoms with van der Waals surface area (Å²) in [5, 5.41) is 21.3. The zero-order chi connectivity index (χ0) is 31.1. The second-order valence-corrected chi connectivity index (χ2v) is 12.6. The van der Waals surface area contributed by atoms with E-state index < -0.39 is 6.10 Å². The first-order valence-corrected chi connectivity index (χ1v) is 15.5. The Morgan fingerprint density at radius 2 is 1.84 bits per heavy atom. The predicted octanol–water partition coefficient (Wildman–Crippen LogP) is 3.64. The molecule has 2 aliphatic heterocycles. The third-order valence-corrected chi connectivity index (χ3v) is 9.50. The second-order valence-electron chi connectivity index (χ2n) is 11.6. The van der Waals surface area contributed by atoms with Gasteiger partial charge in [-0.1, -0.05) is 11.3 Å². The molecule has 2 fully saturated rings. The van der Waals surface area contributed by atoms with Gasteiger partial charge in [0, 0.05) is 80.6 Å².